The number of nitrogens with one attached hydrogen (secondary N) is 4. The first-order valence-electron chi connectivity index (χ1n) is 11.2. The topological polar surface area (TPSA) is 136 Å². The zero-order valence-corrected chi connectivity index (χ0v) is 19.1. The molecule has 0 spiro atoms. The third-order valence-electron chi connectivity index (χ3n) is 5.77. The second-order valence-electron chi connectivity index (χ2n) is 8.92. The second kappa shape index (κ2) is 10.5. The fourth-order valence-electron chi connectivity index (χ4n) is 4.01. The molecule has 10 nitrogen and oxygen atoms in total. The number of fused-ring (bicyclic) bond motifs is 1. The highest BCUT2D eigenvalue weighted by molar-refractivity contribution is 5.99. The number of hydrogen-bond acceptors (Lipinski definition) is 5. The van der Waals surface area contributed by atoms with E-state index in [9.17, 15) is 24.0 Å². The minimum absolute atomic E-state index is 0.113. The Bertz CT molecular complexity index is 919. The van der Waals surface area contributed by atoms with Crippen molar-refractivity contribution in [2.45, 2.75) is 57.8 Å². The van der Waals surface area contributed by atoms with Crippen LogP contribution in [0.1, 0.15) is 32.8 Å². The Morgan fingerprint density at radius 3 is 2.18 bits per heavy atom. The van der Waals surface area contributed by atoms with E-state index in [0.29, 0.717) is 6.42 Å². The lowest BCUT2D eigenvalue weighted by atomic mass is 10.0. The van der Waals surface area contributed by atoms with Gasteiger partial charge in [-0.2, -0.15) is 0 Å². The first kappa shape index (κ1) is 24.2. The van der Waals surface area contributed by atoms with Crippen LogP contribution in [-0.4, -0.2) is 71.7 Å². The summed E-state index contributed by atoms with van der Waals surface area (Å²) in [7, 11) is 0. The van der Waals surface area contributed by atoms with E-state index in [1.54, 1.807) is 6.92 Å². The fraction of sp³-hybridized carbons (Fsp3) is 0.522. The van der Waals surface area contributed by atoms with Crippen molar-refractivity contribution in [1.29, 1.82) is 0 Å². The molecule has 33 heavy (non-hydrogen) atoms. The molecule has 5 amide bonds. The molecule has 0 radical (unpaired) electrons. The van der Waals surface area contributed by atoms with Crippen LogP contribution in [0.4, 0.5) is 0 Å². The molecule has 178 valence electrons. The quantitative estimate of drug-likeness (QED) is 0.434. The van der Waals surface area contributed by atoms with Gasteiger partial charge in [-0.25, -0.2) is 0 Å². The molecule has 3 rings (SSSR count). The lowest BCUT2D eigenvalue weighted by Crippen LogP contribution is -2.53. The predicted molar refractivity (Wildman–Crippen MR) is 120 cm³/mol. The van der Waals surface area contributed by atoms with Gasteiger partial charge in [0.25, 0.3) is 0 Å². The van der Waals surface area contributed by atoms with Gasteiger partial charge in [0.1, 0.15) is 18.1 Å². The monoisotopic (exact) mass is 457 g/mol. The second-order valence-corrected chi connectivity index (χ2v) is 8.92. The Balaban J connectivity index is 1.81. The zero-order chi connectivity index (χ0) is 24.1. The highest BCUT2D eigenvalue weighted by Crippen LogP contribution is 2.28. The lowest BCUT2D eigenvalue weighted by Gasteiger charge is -2.21. The van der Waals surface area contributed by atoms with Crippen molar-refractivity contribution in [3.63, 3.8) is 0 Å². The van der Waals surface area contributed by atoms with Crippen LogP contribution in [0.25, 0.3) is 0 Å². The van der Waals surface area contributed by atoms with Crippen molar-refractivity contribution in [3.8, 4) is 0 Å². The standard InChI is InChI=1S/C23H31N5O5/c1-13(2)9-16-21(31)25-12-19(30)28-14(3)20(28)23(33)27-17(10-15-7-5-4-6-8-15)22(32)24-11-18(29)26-16/h4-8,13-14,16-17,20H,9-12H2,1-3H3,(H,24,32)(H,25,31)(H,26,29)(H,27,33)/t14-,16-,17-,20-,28?/m0/s1. The molecule has 0 aromatic heterocycles. The van der Waals surface area contributed by atoms with Crippen molar-refractivity contribution in [1.82, 2.24) is 26.2 Å². The number of carbonyl (C=O) groups excluding carboxylic acids is 5. The van der Waals surface area contributed by atoms with E-state index in [0.717, 1.165) is 5.56 Å². The largest absolute Gasteiger partial charge is 0.345 e. The summed E-state index contributed by atoms with van der Waals surface area (Å²) in [6, 6.07) is 6.38. The normalized spacial score (nSPS) is 26.9. The minimum Gasteiger partial charge on any atom is -0.345 e. The van der Waals surface area contributed by atoms with E-state index in [4.69, 9.17) is 0 Å². The van der Waals surface area contributed by atoms with Crippen LogP contribution in [0.3, 0.4) is 0 Å². The van der Waals surface area contributed by atoms with Gasteiger partial charge < -0.3 is 26.2 Å². The maximum Gasteiger partial charge on any atom is 0.245 e. The van der Waals surface area contributed by atoms with Gasteiger partial charge in [-0.3, -0.25) is 24.0 Å². The Morgan fingerprint density at radius 2 is 1.52 bits per heavy atom. The molecule has 4 atom stereocenters. The van der Waals surface area contributed by atoms with Gasteiger partial charge >= 0.3 is 0 Å². The molecule has 0 aliphatic carbocycles. The van der Waals surface area contributed by atoms with Crippen LogP contribution in [0.5, 0.6) is 0 Å². The highest BCUT2D eigenvalue weighted by atomic mass is 16.2. The lowest BCUT2D eigenvalue weighted by molar-refractivity contribution is -0.132. The molecule has 0 unspecified atom stereocenters. The summed E-state index contributed by atoms with van der Waals surface area (Å²) in [5.74, 6) is -2.27. The molecule has 2 aliphatic heterocycles. The molecule has 0 bridgehead atoms. The van der Waals surface area contributed by atoms with Crippen molar-refractivity contribution in [2.75, 3.05) is 13.1 Å². The molecule has 1 aromatic carbocycles. The van der Waals surface area contributed by atoms with Gasteiger partial charge in [-0.1, -0.05) is 44.2 Å². The van der Waals surface area contributed by atoms with E-state index >= 15 is 0 Å². The summed E-state index contributed by atoms with van der Waals surface area (Å²) in [5, 5.41) is 10.5. The molecular formula is C23H31N5O5. The summed E-state index contributed by atoms with van der Waals surface area (Å²) in [6.45, 7) is 4.95. The summed E-state index contributed by atoms with van der Waals surface area (Å²) in [5.41, 5.74) is 0.837. The Labute approximate surface area is 192 Å². The fourth-order valence-corrected chi connectivity index (χ4v) is 4.01. The van der Waals surface area contributed by atoms with E-state index in [1.807, 2.05) is 44.2 Å². The number of rotatable bonds is 4. The summed E-state index contributed by atoms with van der Waals surface area (Å²) in [4.78, 5) is 64.7. The van der Waals surface area contributed by atoms with E-state index in [2.05, 4.69) is 21.3 Å². The van der Waals surface area contributed by atoms with Crippen molar-refractivity contribution < 1.29 is 24.0 Å². The van der Waals surface area contributed by atoms with Gasteiger partial charge in [0.05, 0.1) is 19.1 Å². The first-order chi connectivity index (χ1) is 15.7. The van der Waals surface area contributed by atoms with Crippen LogP contribution < -0.4 is 21.3 Å². The molecule has 2 aliphatic rings. The summed E-state index contributed by atoms with van der Waals surface area (Å²) >= 11 is 0. The van der Waals surface area contributed by atoms with Gasteiger partial charge in [0.15, 0.2) is 0 Å². The van der Waals surface area contributed by atoms with Crippen LogP contribution >= 0.6 is 0 Å². The number of carbonyl (C=O) groups is 5. The number of hydrogen-bond donors (Lipinski definition) is 4. The highest BCUT2D eigenvalue weighted by Gasteiger charge is 2.52. The average molecular weight is 458 g/mol. The molecule has 2 fully saturated rings. The van der Waals surface area contributed by atoms with Crippen molar-refractivity contribution in [2.24, 2.45) is 5.92 Å². The molecule has 10 heteroatoms. The zero-order valence-electron chi connectivity index (χ0n) is 19.1. The molecule has 4 N–H and O–H groups in total. The Kier molecular flexibility index (Phi) is 7.67. The van der Waals surface area contributed by atoms with Gasteiger partial charge in [0, 0.05) is 6.42 Å². The molecule has 2 saturated heterocycles. The molecular weight excluding hydrogens is 426 g/mol. The molecule has 0 saturated carbocycles. The molecule has 2 heterocycles. The third-order valence-corrected chi connectivity index (χ3v) is 5.77. The molecule has 1 aromatic rings. The SMILES string of the molecule is CC(C)C[C@@H]1NC(=O)CNC(=O)[C@H](Cc2ccccc2)NC(=O)[C@@H]2[C@H](C)N2C(=O)CNC1=O. The van der Waals surface area contributed by atoms with Gasteiger partial charge in [0.2, 0.25) is 29.5 Å². The van der Waals surface area contributed by atoms with Crippen LogP contribution in [-0.2, 0) is 30.4 Å². The maximum atomic E-state index is 12.9. The Morgan fingerprint density at radius 1 is 0.879 bits per heavy atom. The van der Waals surface area contributed by atoms with Crippen LogP contribution in [0.15, 0.2) is 30.3 Å². The van der Waals surface area contributed by atoms with Crippen LogP contribution in [0, 0.1) is 5.92 Å². The van der Waals surface area contributed by atoms with Gasteiger partial charge in [-0.15, -0.1) is 0 Å². The average Bonchev–Trinajstić information content (AvgIpc) is 3.45. The van der Waals surface area contributed by atoms with E-state index < -0.39 is 47.7 Å². The van der Waals surface area contributed by atoms with Crippen molar-refractivity contribution >= 4 is 29.5 Å². The van der Waals surface area contributed by atoms with Gasteiger partial charge in [-0.05, 0) is 24.8 Å². The number of benzene rings is 1. The van der Waals surface area contributed by atoms with E-state index in [1.165, 1.54) is 4.90 Å². The van der Waals surface area contributed by atoms with E-state index in [-0.39, 0.29) is 31.5 Å². The minimum atomic E-state index is -0.922. The number of amides is 5. The smallest absolute Gasteiger partial charge is 0.245 e. The first-order valence-corrected chi connectivity index (χ1v) is 11.2. The third kappa shape index (κ3) is 6.30. The predicted octanol–water partition coefficient (Wildman–Crippen LogP) is -0.910. The van der Waals surface area contributed by atoms with Crippen molar-refractivity contribution in [3.05, 3.63) is 35.9 Å². The number of nitrogens with zero attached hydrogens (tertiary/aromatic N) is 1. The summed E-state index contributed by atoms with van der Waals surface area (Å²) in [6.07, 6.45) is 0.601. The maximum absolute atomic E-state index is 12.9. The Hall–Kier alpha value is -3.43. The van der Waals surface area contributed by atoms with Crippen LogP contribution in [0.2, 0.25) is 0 Å². The summed E-state index contributed by atoms with van der Waals surface area (Å²) < 4.78 is 0.